The summed E-state index contributed by atoms with van der Waals surface area (Å²) in [6, 6.07) is 0. The number of allylic oxidation sites excluding steroid dienone is 4. The Bertz CT molecular complexity index is 689. The minimum atomic E-state index is -0.788. The predicted molar refractivity (Wildman–Crippen MR) is 188 cm³/mol. The Balaban J connectivity index is 3.68. The molecule has 6 heteroatoms. The predicted octanol–water partition coefficient (Wildman–Crippen LogP) is 12.0. The van der Waals surface area contributed by atoms with Crippen LogP contribution in [0.15, 0.2) is 24.3 Å². The summed E-state index contributed by atoms with van der Waals surface area (Å²) in [5.41, 5.74) is 0. The first-order valence-electron chi connectivity index (χ1n) is 19.0. The van der Waals surface area contributed by atoms with Crippen molar-refractivity contribution in [3.8, 4) is 0 Å². The van der Waals surface area contributed by atoms with E-state index in [-0.39, 0.29) is 25.2 Å². The monoisotopic (exact) mass is 637 g/mol. The van der Waals surface area contributed by atoms with Crippen LogP contribution in [-0.4, -0.2) is 36.5 Å². The van der Waals surface area contributed by atoms with Crippen LogP contribution in [0.3, 0.4) is 0 Å². The lowest BCUT2D eigenvalue weighted by atomic mass is 10.1. The summed E-state index contributed by atoms with van der Waals surface area (Å²) >= 11 is 0. The number of hydrogen-bond acceptors (Lipinski definition) is 6. The van der Waals surface area contributed by atoms with E-state index in [2.05, 4.69) is 43.0 Å². The number of unbranched alkanes of at least 4 members (excludes halogenated alkanes) is 22. The molecular formula is C39H72O6. The van der Waals surface area contributed by atoms with Crippen molar-refractivity contribution < 1.29 is 29.2 Å². The molecule has 0 radical (unpaired) electrons. The molecule has 0 heterocycles. The lowest BCUT2D eigenvalue weighted by molar-refractivity contribution is -0.261. The summed E-state index contributed by atoms with van der Waals surface area (Å²) in [4.78, 5) is 28.5. The van der Waals surface area contributed by atoms with E-state index < -0.39 is 6.10 Å². The van der Waals surface area contributed by atoms with Gasteiger partial charge in [0, 0.05) is 12.8 Å². The van der Waals surface area contributed by atoms with Crippen LogP contribution in [0.25, 0.3) is 0 Å². The fourth-order valence-electron chi connectivity index (χ4n) is 5.38. The Morgan fingerprint density at radius 2 is 0.844 bits per heavy atom. The van der Waals surface area contributed by atoms with Gasteiger partial charge < -0.3 is 9.47 Å². The molecule has 0 aliphatic heterocycles. The van der Waals surface area contributed by atoms with E-state index in [4.69, 9.17) is 14.7 Å². The molecule has 0 amide bonds. The molecule has 0 saturated heterocycles. The number of esters is 2. The second-order valence-electron chi connectivity index (χ2n) is 12.8. The van der Waals surface area contributed by atoms with E-state index in [0.717, 1.165) is 51.4 Å². The summed E-state index contributed by atoms with van der Waals surface area (Å²) < 4.78 is 10.7. The van der Waals surface area contributed by atoms with Crippen LogP contribution in [0, 0.1) is 0 Å². The van der Waals surface area contributed by atoms with Crippen molar-refractivity contribution in [2.75, 3.05) is 13.2 Å². The second kappa shape index (κ2) is 36.8. The minimum Gasteiger partial charge on any atom is -0.462 e. The average Bonchev–Trinajstić information content (AvgIpc) is 3.03. The average molecular weight is 637 g/mol. The van der Waals surface area contributed by atoms with Gasteiger partial charge in [0.2, 0.25) is 0 Å². The first kappa shape index (κ1) is 43.3. The van der Waals surface area contributed by atoms with Crippen LogP contribution >= 0.6 is 0 Å². The van der Waals surface area contributed by atoms with Gasteiger partial charge in [-0.05, 0) is 64.2 Å². The van der Waals surface area contributed by atoms with Gasteiger partial charge in [-0.1, -0.05) is 141 Å². The summed E-state index contributed by atoms with van der Waals surface area (Å²) in [6.07, 6.45) is 40.6. The first-order valence-corrected chi connectivity index (χ1v) is 19.0. The van der Waals surface area contributed by atoms with E-state index in [1.165, 1.54) is 116 Å². The van der Waals surface area contributed by atoms with Crippen molar-refractivity contribution in [3.05, 3.63) is 24.3 Å². The lowest BCUT2D eigenvalue weighted by Gasteiger charge is -2.16. The maximum absolute atomic E-state index is 12.2. The SMILES string of the molecule is CCCCCCCCC=CCCCCCCCC(=O)OCC(COO)OC(=O)CCCCCCCC=CCCCCCCCC. The van der Waals surface area contributed by atoms with E-state index in [9.17, 15) is 9.59 Å². The normalized spacial score (nSPS) is 12.3. The molecule has 1 N–H and O–H groups in total. The molecule has 0 bridgehead atoms. The summed E-state index contributed by atoms with van der Waals surface area (Å²) in [7, 11) is 0. The molecule has 0 aromatic carbocycles. The third-order valence-electron chi connectivity index (χ3n) is 8.27. The quantitative estimate of drug-likeness (QED) is 0.0245. The molecule has 0 saturated carbocycles. The number of ether oxygens (including phenoxy) is 2. The minimum absolute atomic E-state index is 0.0947. The van der Waals surface area contributed by atoms with Crippen LogP contribution in [0.1, 0.15) is 194 Å². The van der Waals surface area contributed by atoms with E-state index in [0.29, 0.717) is 12.8 Å². The van der Waals surface area contributed by atoms with Crippen molar-refractivity contribution in [3.63, 3.8) is 0 Å². The van der Waals surface area contributed by atoms with Crippen LogP contribution in [0.2, 0.25) is 0 Å². The summed E-state index contributed by atoms with van der Waals surface area (Å²) in [5.74, 6) is -0.646. The molecule has 0 aliphatic carbocycles. The maximum Gasteiger partial charge on any atom is 0.306 e. The Hall–Kier alpha value is -1.66. The molecule has 0 aromatic rings. The number of carbonyl (C=O) groups excluding carboxylic acids is 2. The van der Waals surface area contributed by atoms with Crippen molar-refractivity contribution in [2.45, 2.75) is 200 Å². The highest BCUT2D eigenvalue weighted by Crippen LogP contribution is 2.13. The second-order valence-corrected chi connectivity index (χ2v) is 12.8. The number of hydrogen-bond donors (Lipinski definition) is 1. The molecule has 264 valence electrons. The maximum atomic E-state index is 12.2. The van der Waals surface area contributed by atoms with Gasteiger partial charge in [0.05, 0.1) is 0 Å². The molecule has 45 heavy (non-hydrogen) atoms. The zero-order valence-electron chi connectivity index (χ0n) is 29.6. The molecule has 1 atom stereocenters. The molecule has 0 rings (SSSR count). The standard InChI is InChI=1S/C39H72O6/c1-3-5-7-9-11-13-15-17-19-21-23-25-27-29-31-33-38(40)43-35-37(36-44-42)45-39(41)34-32-30-28-26-24-22-20-18-16-14-12-10-8-6-4-2/h17-20,37,42H,3-16,21-36H2,1-2H3. The van der Waals surface area contributed by atoms with Crippen molar-refractivity contribution in [2.24, 2.45) is 0 Å². The topological polar surface area (TPSA) is 82.1 Å². The highest BCUT2D eigenvalue weighted by atomic mass is 17.1. The zero-order valence-corrected chi connectivity index (χ0v) is 29.6. The molecular weight excluding hydrogens is 564 g/mol. The Labute approximate surface area is 278 Å². The zero-order chi connectivity index (χ0) is 32.9. The van der Waals surface area contributed by atoms with E-state index >= 15 is 0 Å². The van der Waals surface area contributed by atoms with Gasteiger partial charge in [0.15, 0.2) is 6.10 Å². The van der Waals surface area contributed by atoms with Gasteiger partial charge in [-0.2, -0.15) is 0 Å². The third kappa shape index (κ3) is 35.0. The van der Waals surface area contributed by atoms with Crippen LogP contribution in [-0.2, 0) is 24.0 Å². The van der Waals surface area contributed by atoms with Crippen LogP contribution in [0.4, 0.5) is 0 Å². The molecule has 0 spiro atoms. The molecule has 0 fully saturated rings. The van der Waals surface area contributed by atoms with Crippen LogP contribution in [0.5, 0.6) is 0 Å². The molecule has 1 unspecified atom stereocenters. The fourth-order valence-corrected chi connectivity index (χ4v) is 5.38. The number of carbonyl (C=O) groups is 2. The van der Waals surface area contributed by atoms with Crippen molar-refractivity contribution >= 4 is 11.9 Å². The lowest BCUT2D eigenvalue weighted by Crippen LogP contribution is -2.29. The fraction of sp³-hybridized carbons (Fsp3) is 0.846. The summed E-state index contributed by atoms with van der Waals surface area (Å²) in [6.45, 7) is 4.21. The van der Waals surface area contributed by atoms with Crippen molar-refractivity contribution in [1.29, 1.82) is 0 Å². The highest BCUT2D eigenvalue weighted by Gasteiger charge is 2.17. The highest BCUT2D eigenvalue weighted by molar-refractivity contribution is 5.70. The Kier molecular flexibility index (Phi) is 35.4. The van der Waals surface area contributed by atoms with Gasteiger partial charge in [0.1, 0.15) is 13.2 Å². The van der Waals surface area contributed by atoms with Gasteiger partial charge >= 0.3 is 11.9 Å². The number of rotatable bonds is 35. The van der Waals surface area contributed by atoms with E-state index in [1.54, 1.807) is 0 Å². The first-order chi connectivity index (χ1) is 22.1. The third-order valence-corrected chi connectivity index (χ3v) is 8.27. The molecule has 0 aromatic heterocycles. The van der Waals surface area contributed by atoms with Gasteiger partial charge in [0.25, 0.3) is 0 Å². The molecule has 6 nitrogen and oxygen atoms in total. The van der Waals surface area contributed by atoms with Gasteiger partial charge in [-0.3, -0.25) is 14.8 Å². The van der Waals surface area contributed by atoms with Crippen molar-refractivity contribution in [1.82, 2.24) is 0 Å². The molecule has 0 aliphatic rings. The smallest absolute Gasteiger partial charge is 0.306 e. The van der Waals surface area contributed by atoms with E-state index in [1.807, 2.05) is 0 Å². The summed E-state index contributed by atoms with van der Waals surface area (Å²) in [5, 5.41) is 8.84. The van der Waals surface area contributed by atoms with Crippen LogP contribution < -0.4 is 0 Å². The Morgan fingerprint density at radius 1 is 0.489 bits per heavy atom. The van der Waals surface area contributed by atoms with Gasteiger partial charge in [-0.25, -0.2) is 4.89 Å². The largest absolute Gasteiger partial charge is 0.462 e. The Morgan fingerprint density at radius 3 is 1.24 bits per heavy atom. The van der Waals surface area contributed by atoms with Gasteiger partial charge in [-0.15, -0.1) is 0 Å².